The summed E-state index contributed by atoms with van der Waals surface area (Å²) in [6.45, 7) is 5.71. The molecular weight excluding hydrogens is 290 g/mol. The number of allylic oxidation sites excluding steroid dienone is 4. The van der Waals surface area contributed by atoms with Crippen LogP contribution in [0.1, 0.15) is 16.6 Å². The maximum atomic E-state index is 10.8. The van der Waals surface area contributed by atoms with E-state index in [9.17, 15) is 4.79 Å². The molecule has 2 nitrogen and oxygen atoms in total. The Hall–Kier alpha value is -2.39. The molecule has 0 amide bonds. The van der Waals surface area contributed by atoms with Gasteiger partial charge in [-0.25, -0.2) is 0 Å². The molecule has 0 spiro atoms. The number of hydrogen-bond donors (Lipinski definition) is 0. The molecule has 0 atom stereocenters. The van der Waals surface area contributed by atoms with E-state index in [-0.39, 0.29) is 0 Å². The zero-order chi connectivity index (χ0) is 15.9. The standard InChI is InChI=1S/C19H19NOS/c1-4-6-7-16(5-2)20(3)17-10-8-15(9-11-17)19-13-12-18(14-21)22-19/h4-14H,1H2,2-3H3/b7-6-,16-5+. The van der Waals surface area contributed by atoms with Crippen molar-refractivity contribution in [2.75, 3.05) is 11.9 Å². The summed E-state index contributed by atoms with van der Waals surface area (Å²) in [6.07, 6.45) is 8.66. The third-order valence-corrected chi connectivity index (χ3v) is 4.43. The molecule has 0 saturated heterocycles. The first-order valence-corrected chi connectivity index (χ1v) is 7.86. The van der Waals surface area contributed by atoms with Crippen LogP contribution in [0.25, 0.3) is 10.4 Å². The summed E-state index contributed by atoms with van der Waals surface area (Å²) in [5.74, 6) is 0. The average molecular weight is 309 g/mol. The molecule has 2 aromatic rings. The van der Waals surface area contributed by atoms with Crippen LogP contribution in [0, 0.1) is 0 Å². The van der Waals surface area contributed by atoms with Crippen molar-refractivity contribution in [2.45, 2.75) is 6.92 Å². The third-order valence-electron chi connectivity index (χ3n) is 3.37. The Kier molecular flexibility index (Phi) is 5.50. The Morgan fingerprint density at radius 3 is 2.45 bits per heavy atom. The molecule has 3 heteroatoms. The number of rotatable bonds is 6. The molecule has 22 heavy (non-hydrogen) atoms. The van der Waals surface area contributed by atoms with E-state index in [1.807, 2.05) is 38.3 Å². The minimum Gasteiger partial charge on any atom is -0.345 e. The van der Waals surface area contributed by atoms with Crippen molar-refractivity contribution in [2.24, 2.45) is 0 Å². The van der Waals surface area contributed by atoms with Crippen molar-refractivity contribution in [1.82, 2.24) is 0 Å². The highest BCUT2D eigenvalue weighted by atomic mass is 32.1. The zero-order valence-corrected chi connectivity index (χ0v) is 13.6. The molecule has 0 N–H and O–H groups in total. The Morgan fingerprint density at radius 2 is 1.91 bits per heavy atom. The van der Waals surface area contributed by atoms with Gasteiger partial charge in [0.25, 0.3) is 0 Å². The van der Waals surface area contributed by atoms with Crippen LogP contribution in [-0.4, -0.2) is 13.3 Å². The van der Waals surface area contributed by atoms with Crippen molar-refractivity contribution in [1.29, 1.82) is 0 Å². The summed E-state index contributed by atoms with van der Waals surface area (Å²) in [6, 6.07) is 12.2. The van der Waals surface area contributed by atoms with Gasteiger partial charge in [0.1, 0.15) is 0 Å². The fourth-order valence-corrected chi connectivity index (χ4v) is 2.97. The van der Waals surface area contributed by atoms with Gasteiger partial charge in [0.05, 0.1) is 4.88 Å². The third kappa shape index (κ3) is 3.62. The van der Waals surface area contributed by atoms with Crippen LogP contribution >= 0.6 is 11.3 Å². The number of thiophene rings is 1. The molecular formula is C19H19NOS. The second kappa shape index (κ2) is 7.57. The molecule has 0 aliphatic rings. The Balaban J connectivity index is 2.22. The topological polar surface area (TPSA) is 20.3 Å². The highest BCUT2D eigenvalue weighted by molar-refractivity contribution is 7.17. The Labute approximate surface area is 135 Å². The summed E-state index contributed by atoms with van der Waals surface area (Å²) in [4.78, 5) is 14.8. The van der Waals surface area contributed by atoms with Gasteiger partial charge in [-0.3, -0.25) is 4.79 Å². The number of aldehydes is 1. The van der Waals surface area contributed by atoms with Gasteiger partial charge in [-0.1, -0.05) is 36.9 Å². The monoisotopic (exact) mass is 309 g/mol. The number of hydrogen-bond acceptors (Lipinski definition) is 3. The summed E-state index contributed by atoms with van der Waals surface area (Å²) in [5.41, 5.74) is 3.34. The predicted octanol–water partition coefficient (Wildman–Crippen LogP) is 5.31. The maximum Gasteiger partial charge on any atom is 0.160 e. The van der Waals surface area contributed by atoms with Gasteiger partial charge in [-0.2, -0.15) is 0 Å². The molecule has 0 aliphatic heterocycles. The van der Waals surface area contributed by atoms with E-state index >= 15 is 0 Å². The lowest BCUT2D eigenvalue weighted by molar-refractivity contribution is 0.112. The van der Waals surface area contributed by atoms with Crippen molar-refractivity contribution >= 4 is 23.3 Å². The Bertz CT molecular complexity index is 707. The van der Waals surface area contributed by atoms with Crippen molar-refractivity contribution in [3.8, 4) is 10.4 Å². The molecule has 0 radical (unpaired) electrons. The van der Waals surface area contributed by atoms with Crippen molar-refractivity contribution < 1.29 is 4.79 Å². The number of benzene rings is 1. The normalized spacial score (nSPS) is 11.6. The molecule has 1 aromatic carbocycles. The molecule has 2 rings (SSSR count). The second-order valence-electron chi connectivity index (χ2n) is 4.73. The van der Waals surface area contributed by atoms with Crippen LogP contribution < -0.4 is 4.90 Å². The number of anilines is 1. The summed E-state index contributed by atoms with van der Waals surface area (Å²) in [7, 11) is 2.04. The first-order chi connectivity index (χ1) is 10.7. The number of nitrogens with zero attached hydrogens (tertiary/aromatic N) is 1. The lowest BCUT2D eigenvalue weighted by Gasteiger charge is -2.20. The highest BCUT2D eigenvalue weighted by Crippen LogP contribution is 2.29. The first-order valence-electron chi connectivity index (χ1n) is 7.04. The van der Waals surface area contributed by atoms with E-state index in [2.05, 4.69) is 41.8 Å². The smallest absolute Gasteiger partial charge is 0.160 e. The number of carbonyl (C=O) groups excluding carboxylic acids is 1. The largest absolute Gasteiger partial charge is 0.345 e. The fraction of sp³-hybridized carbons (Fsp3) is 0.105. The van der Waals surface area contributed by atoms with Gasteiger partial charge in [0.2, 0.25) is 0 Å². The van der Waals surface area contributed by atoms with Crippen LogP contribution in [0.5, 0.6) is 0 Å². The van der Waals surface area contributed by atoms with E-state index in [0.717, 1.165) is 33.0 Å². The summed E-state index contributed by atoms with van der Waals surface area (Å²) >= 11 is 1.51. The van der Waals surface area contributed by atoms with E-state index in [0.29, 0.717) is 0 Å². The van der Waals surface area contributed by atoms with Crippen molar-refractivity contribution in [3.63, 3.8) is 0 Å². The molecule has 0 aliphatic carbocycles. The number of likely N-dealkylation sites (N-methyl/N-ethyl adjacent to an activating group) is 1. The highest BCUT2D eigenvalue weighted by Gasteiger charge is 2.06. The van der Waals surface area contributed by atoms with Gasteiger partial charge < -0.3 is 4.90 Å². The minimum atomic E-state index is 0.752. The first kappa shape index (κ1) is 16.0. The van der Waals surface area contributed by atoms with E-state index < -0.39 is 0 Å². The van der Waals surface area contributed by atoms with Crippen molar-refractivity contribution in [3.05, 3.63) is 77.9 Å². The molecule has 0 fully saturated rings. The zero-order valence-electron chi connectivity index (χ0n) is 12.8. The lowest BCUT2D eigenvalue weighted by Crippen LogP contribution is -2.14. The van der Waals surface area contributed by atoms with Gasteiger partial charge in [0, 0.05) is 23.3 Å². The molecule has 112 valence electrons. The van der Waals surface area contributed by atoms with Crippen LogP contribution in [0.4, 0.5) is 5.69 Å². The molecule has 0 bridgehead atoms. The maximum absolute atomic E-state index is 10.8. The summed E-state index contributed by atoms with van der Waals surface area (Å²) < 4.78 is 0. The van der Waals surface area contributed by atoms with Gasteiger partial charge in [-0.15, -0.1) is 11.3 Å². The summed E-state index contributed by atoms with van der Waals surface area (Å²) in [5, 5.41) is 0. The minimum absolute atomic E-state index is 0.752. The quantitative estimate of drug-likeness (QED) is 0.532. The van der Waals surface area contributed by atoms with Crippen LogP contribution in [0.2, 0.25) is 0 Å². The van der Waals surface area contributed by atoms with Crippen LogP contribution in [-0.2, 0) is 0 Å². The van der Waals surface area contributed by atoms with Gasteiger partial charge in [0.15, 0.2) is 6.29 Å². The molecule has 1 heterocycles. The Morgan fingerprint density at radius 1 is 1.18 bits per heavy atom. The van der Waals surface area contributed by atoms with E-state index in [1.165, 1.54) is 11.3 Å². The number of carbonyl (C=O) groups is 1. The van der Waals surface area contributed by atoms with Gasteiger partial charge in [-0.05, 0) is 42.8 Å². The lowest BCUT2D eigenvalue weighted by atomic mass is 10.1. The average Bonchev–Trinajstić information content (AvgIpc) is 3.04. The fourth-order valence-electron chi connectivity index (χ4n) is 2.14. The molecule has 0 unspecified atom stereocenters. The van der Waals surface area contributed by atoms with Crippen LogP contribution in [0.3, 0.4) is 0 Å². The second-order valence-corrected chi connectivity index (χ2v) is 5.85. The van der Waals surface area contributed by atoms with E-state index in [4.69, 9.17) is 0 Å². The van der Waals surface area contributed by atoms with Gasteiger partial charge >= 0.3 is 0 Å². The SMILES string of the molecule is C=C/C=C\C(=C/C)N(C)c1ccc(-c2ccc(C=O)s2)cc1. The molecule has 0 saturated carbocycles. The van der Waals surface area contributed by atoms with Crippen LogP contribution in [0.15, 0.2) is 73.0 Å². The van der Waals surface area contributed by atoms with E-state index in [1.54, 1.807) is 6.08 Å². The molecule has 1 aromatic heterocycles. The predicted molar refractivity (Wildman–Crippen MR) is 96.6 cm³/mol.